The number of hydrogen-bond acceptors (Lipinski definition) is 5. The molecule has 1 heterocycles. The average Bonchev–Trinajstić information content (AvgIpc) is 2.96. The molecule has 24 heavy (non-hydrogen) atoms. The van der Waals surface area contributed by atoms with Gasteiger partial charge in [-0.2, -0.15) is 0 Å². The molecule has 3 aromatic rings. The maximum atomic E-state index is 12.1. The third kappa shape index (κ3) is 4.24. The molecule has 0 atom stereocenters. The normalized spacial score (nSPS) is 11.5. The van der Waals surface area contributed by atoms with E-state index in [4.69, 9.17) is 4.74 Å². The van der Waals surface area contributed by atoms with Gasteiger partial charge in [0.25, 0.3) is 0 Å². The Morgan fingerprint density at radius 2 is 1.88 bits per heavy atom. The molecular weight excluding hydrogens is 344 g/mol. The fraction of sp³-hybridized carbons (Fsp3) is 0.235. The van der Waals surface area contributed by atoms with Crippen LogP contribution < -0.4 is 9.46 Å². The molecule has 0 unspecified atom stereocenters. The lowest BCUT2D eigenvalue weighted by Crippen LogP contribution is -2.21. The molecule has 7 heteroatoms. The number of sulfonamides is 1. The van der Waals surface area contributed by atoms with Crippen molar-refractivity contribution in [2.75, 3.05) is 17.1 Å². The van der Waals surface area contributed by atoms with Crippen LogP contribution in [0.25, 0.3) is 10.2 Å². The fourth-order valence-electron chi connectivity index (χ4n) is 2.19. The highest BCUT2D eigenvalue weighted by atomic mass is 32.2. The molecule has 0 fully saturated rings. The van der Waals surface area contributed by atoms with Gasteiger partial charge in [0.2, 0.25) is 10.0 Å². The molecule has 0 aliphatic carbocycles. The third-order valence-corrected chi connectivity index (χ3v) is 5.78. The van der Waals surface area contributed by atoms with Crippen LogP contribution >= 0.6 is 11.3 Å². The molecule has 0 aliphatic heterocycles. The van der Waals surface area contributed by atoms with Crippen molar-refractivity contribution in [3.63, 3.8) is 0 Å². The molecule has 2 aromatic carbocycles. The molecule has 126 valence electrons. The van der Waals surface area contributed by atoms with E-state index in [1.54, 1.807) is 0 Å². The number of para-hydroxylation sites is 1. The fourth-order valence-corrected chi connectivity index (χ4v) is 4.17. The lowest BCUT2D eigenvalue weighted by molar-refractivity contribution is 0.341. The zero-order chi connectivity index (χ0) is 17.0. The van der Waals surface area contributed by atoms with E-state index in [2.05, 4.69) is 16.6 Å². The number of fused-ring (bicyclic) bond motifs is 1. The Morgan fingerprint density at radius 3 is 2.58 bits per heavy atom. The summed E-state index contributed by atoms with van der Waals surface area (Å²) in [7, 11) is -3.49. The van der Waals surface area contributed by atoms with E-state index in [-0.39, 0.29) is 12.4 Å². The summed E-state index contributed by atoms with van der Waals surface area (Å²) < 4.78 is 33.2. The summed E-state index contributed by atoms with van der Waals surface area (Å²) in [6, 6.07) is 15.2. The van der Waals surface area contributed by atoms with E-state index < -0.39 is 10.0 Å². The number of ether oxygens (including phenoxy) is 1. The number of anilines is 1. The lowest BCUT2D eigenvalue weighted by atomic mass is 10.2. The first-order chi connectivity index (χ1) is 11.6. The second kappa shape index (κ2) is 7.19. The monoisotopic (exact) mass is 362 g/mol. The second-order valence-corrected chi connectivity index (χ2v) is 8.13. The van der Waals surface area contributed by atoms with E-state index in [1.807, 2.05) is 48.5 Å². The number of thiazole rings is 1. The maximum Gasteiger partial charge on any atom is 0.237 e. The van der Waals surface area contributed by atoms with Gasteiger partial charge in [0.05, 0.1) is 10.2 Å². The van der Waals surface area contributed by atoms with Gasteiger partial charge in [0.1, 0.15) is 18.1 Å². The van der Waals surface area contributed by atoms with Crippen molar-refractivity contribution in [2.24, 2.45) is 0 Å². The summed E-state index contributed by atoms with van der Waals surface area (Å²) in [5.41, 5.74) is 2.00. The Balaban J connectivity index is 1.57. The highest BCUT2D eigenvalue weighted by Gasteiger charge is 2.14. The van der Waals surface area contributed by atoms with Crippen molar-refractivity contribution < 1.29 is 13.2 Å². The van der Waals surface area contributed by atoms with E-state index in [1.165, 1.54) is 16.9 Å². The number of benzene rings is 2. The van der Waals surface area contributed by atoms with Crippen LogP contribution in [0, 0.1) is 0 Å². The number of aryl methyl sites for hydroxylation is 1. The van der Waals surface area contributed by atoms with Crippen LogP contribution in [0.4, 0.5) is 5.13 Å². The third-order valence-electron chi connectivity index (χ3n) is 3.49. The van der Waals surface area contributed by atoms with Crippen LogP contribution in [0.15, 0.2) is 48.5 Å². The molecule has 0 spiro atoms. The van der Waals surface area contributed by atoms with Crippen LogP contribution in [0.1, 0.15) is 12.5 Å². The van der Waals surface area contributed by atoms with Crippen molar-refractivity contribution in [3.8, 4) is 5.75 Å². The number of aromatic nitrogens is 1. The molecule has 3 rings (SSSR count). The standard InChI is InChI=1S/C17H18N2O3S2/c1-2-13-7-9-14(10-8-13)22-11-12-24(20,21)19-17-18-15-5-3-4-6-16(15)23-17/h3-10H,2,11-12H2,1H3,(H,18,19). The Kier molecular flexibility index (Phi) is 5.01. The number of hydrogen-bond donors (Lipinski definition) is 1. The summed E-state index contributed by atoms with van der Waals surface area (Å²) in [5, 5.41) is 0.378. The summed E-state index contributed by atoms with van der Waals surface area (Å²) in [5.74, 6) is 0.542. The highest BCUT2D eigenvalue weighted by molar-refractivity contribution is 7.92. The van der Waals surface area contributed by atoms with Crippen LogP contribution in [0.2, 0.25) is 0 Å². The SMILES string of the molecule is CCc1ccc(OCCS(=O)(=O)Nc2nc3ccccc3s2)cc1. The predicted octanol–water partition coefficient (Wildman–Crippen LogP) is 3.68. The summed E-state index contributed by atoms with van der Waals surface area (Å²) in [6.45, 7) is 2.17. The van der Waals surface area contributed by atoms with Gasteiger partial charge >= 0.3 is 0 Å². The van der Waals surface area contributed by atoms with Crippen LogP contribution in [-0.2, 0) is 16.4 Å². The average molecular weight is 362 g/mol. The maximum absolute atomic E-state index is 12.1. The molecule has 0 amide bonds. The molecule has 1 N–H and O–H groups in total. The van der Waals surface area contributed by atoms with Gasteiger partial charge in [-0.1, -0.05) is 42.5 Å². The Labute approximate surface area is 145 Å². The second-order valence-electron chi connectivity index (χ2n) is 5.25. The van der Waals surface area contributed by atoms with Gasteiger partial charge in [-0.05, 0) is 36.2 Å². The number of nitrogens with one attached hydrogen (secondary N) is 1. The minimum absolute atomic E-state index is 0.0890. The minimum Gasteiger partial charge on any atom is -0.492 e. The summed E-state index contributed by atoms with van der Waals surface area (Å²) >= 11 is 1.32. The Hall–Kier alpha value is -2.12. The Morgan fingerprint density at radius 1 is 1.12 bits per heavy atom. The summed E-state index contributed by atoms with van der Waals surface area (Å²) in [6.07, 6.45) is 0.959. The minimum atomic E-state index is -3.49. The van der Waals surface area contributed by atoms with Gasteiger partial charge in [-0.25, -0.2) is 13.4 Å². The van der Waals surface area contributed by atoms with Crippen molar-refractivity contribution in [3.05, 3.63) is 54.1 Å². The largest absolute Gasteiger partial charge is 0.492 e. The molecule has 0 aliphatic rings. The molecule has 1 aromatic heterocycles. The van der Waals surface area contributed by atoms with Gasteiger partial charge in [0.15, 0.2) is 5.13 Å². The predicted molar refractivity (Wildman–Crippen MR) is 98.3 cm³/mol. The first-order valence-electron chi connectivity index (χ1n) is 7.63. The van der Waals surface area contributed by atoms with Gasteiger partial charge in [-0.3, -0.25) is 4.72 Å². The number of nitrogens with zero attached hydrogens (tertiary/aromatic N) is 1. The molecule has 0 radical (unpaired) electrons. The number of rotatable bonds is 7. The van der Waals surface area contributed by atoms with Crippen LogP contribution in [0.5, 0.6) is 5.75 Å². The molecule has 5 nitrogen and oxygen atoms in total. The first-order valence-corrected chi connectivity index (χ1v) is 10.1. The van der Waals surface area contributed by atoms with Crippen LogP contribution in [-0.4, -0.2) is 25.8 Å². The first kappa shape index (κ1) is 16.7. The van der Waals surface area contributed by atoms with E-state index in [0.29, 0.717) is 10.9 Å². The van der Waals surface area contributed by atoms with E-state index in [9.17, 15) is 8.42 Å². The van der Waals surface area contributed by atoms with Crippen LogP contribution in [0.3, 0.4) is 0 Å². The van der Waals surface area contributed by atoms with E-state index >= 15 is 0 Å². The molecule has 0 bridgehead atoms. The van der Waals surface area contributed by atoms with Gasteiger partial charge < -0.3 is 4.74 Å². The smallest absolute Gasteiger partial charge is 0.237 e. The van der Waals surface area contributed by atoms with E-state index in [0.717, 1.165) is 16.6 Å². The molecular formula is C17H18N2O3S2. The quantitative estimate of drug-likeness (QED) is 0.696. The Bertz CT molecular complexity index is 885. The van der Waals surface area contributed by atoms with Crippen molar-refractivity contribution >= 4 is 36.7 Å². The highest BCUT2D eigenvalue weighted by Crippen LogP contribution is 2.26. The zero-order valence-corrected chi connectivity index (χ0v) is 14.9. The van der Waals surface area contributed by atoms with Crippen molar-refractivity contribution in [1.82, 2.24) is 4.98 Å². The van der Waals surface area contributed by atoms with Gasteiger partial charge in [0, 0.05) is 0 Å². The zero-order valence-electron chi connectivity index (χ0n) is 13.2. The molecule has 0 saturated heterocycles. The van der Waals surface area contributed by atoms with Gasteiger partial charge in [-0.15, -0.1) is 0 Å². The lowest BCUT2D eigenvalue weighted by Gasteiger charge is -2.08. The topological polar surface area (TPSA) is 68.3 Å². The van der Waals surface area contributed by atoms with Crippen molar-refractivity contribution in [1.29, 1.82) is 0 Å². The summed E-state index contributed by atoms with van der Waals surface area (Å²) in [4.78, 5) is 4.27. The van der Waals surface area contributed by atoms with Crippen molar-refractivity contribution in [2.45, 2.75) is 13.3 Å². The molecule has 0 saturated carbocycles.